The number of phenols is 1. The maximum Gasteiger partial charge on any atom is 0.248 e. The zero-order valence-electron chi connectivity index (χ0n) is 10.4. The summed E-state index contributed by atoms with van der Waals surface area (Å²) in [7, 11) is 0. The van der Waals surface area contributed by atoms with Gasteiger partial charge in [-0.15, -0.1) is 0 Å². The number of benzene rings is 1. The van der Waals surface area contributed by atoms with Crippen molar-refractivity contribution in [2.75, 3.05) is 5.32 Å². The minimum Gasteiger partial charge on any atom is -0.505 e. The molecule has 1 aliphatic carbocycles. The van der Waals surface area contributed by atoms with Crippen LogP contribution in [-0.4, -0.2) is 16.9 Å². The molecule has 1 aromatic carbocycles. The Morgan fingerprint density at radius 2 is 1.75 bits per heavy atom. The zero-order valence-corrected chi connectivity index (χ0v) is 11.9. The largest absolute Gasteiger partial charge is 0.505 e. The molecule has 1 saturated carbocycles. The topological polar surface area (TPSA) is 49.3 Å². The van der Waals surface area contributed by atoms with Crippen molar-refractivity contribution in [2.24, 2.45) is 5.92 Å². The Hall–Kier alpha value is -1.07. The van der Waals surface area contributed by atoms with E-state index in [1.54, 1.807) is 0 Å². The summed E-state index contributed by atoms with van der Waals surface area (Å²) in [6.07, 6.45) is -0.249. The van der Waals surface area contributed by atoms with Gasteiger partial charge in [0.2, 0.25) is 11.8 Å². The van der Waals surface area contributed by atoms with Crippen LogP contribution in [0.3, 0.4) is 0 Å². The van der Waals surface area contributed by atoms with E-state index in [1.807, 2.05) is 0 Å². The molecule has 0 unspecified atom stereocenters. The van der Waals surface area contributed by atoms with E-state index in [1.165, 1.54) is 12.1 Å². The lowest BCUT2D eigenvalue weighted by molar-refractivity contribution is -0.124. The molecule has 1 aliphatic rings. The van der Waals surface area contributed by atoms with Crippen molar-refractivity contribution in [1.29, 1.82) is 0 Å². The second-order valence-electron chi connectivity index (χ2n) is 4.91. The summed E-state index contributed by atoms with van der Waals surface area (Å²) < 4.78 is 26.0. The van der Waals surface area contributed by atoms with E-state index in [2.05, 4.69) is 5.32 Å². The summed E-state index contributed by atoms with van der Waals surface area (Å²) in [6.45, 7) is 0. The van der Waals surface area contributed by atoms with E-state index in [-0.39, 0.29) is 47.4 Å². The summed E-state index contributed by atoms with van der Waals surface area (Å²) in [6, 6.07) is 2.72. The van der Waals surface area contributed by atoms with Gasteiger partial charge in [0.05, 0.1) is 10.0 Å². The molecule has 3 nitrogen and oxygen atoms in total. The fourth-order valence-corrected chi connectivity index (χ4v) is 2.67. The monoisotopic (exact) mass is 323 g/mol. The van der Waals surface area contributed by atoms with Crippen LogP contribution in [0.5, 0.6) is 5.75 Å². The molecule has 0 atom stereocenters. The molecule has 2 N–H and O–H groups in total. The third-order valence-corrected chi connectivity index (χ3v) is 3.95. The molecule has 110 valence electrons. The van der Waals surface area contributed by atoms with E-state index < -0.39 is 11.8 Å². The molecule has 0 aromatic heterocycles. The summed E-state index contributed by atoms with van der Waals surface area (Å²) in [4.78, 5) is 12.0. The van der Waals surface area contributed by atoms with Crippen LogP contribution in [0.2, 0.25) is 10.0 Å². The van der Waals surface area contributed by atoms with Gasteiger partial charge in [0.25, 0.3) is 0 Å². The highest BCUT2D eigenvalue weighted by Gasteiger charge is 2.37. The van der Waals surface area contributed by atoms with E-state index >= 15 is 0 Å². The predicted octanol–water partition coefficient (Wildman–Crippen LogP) is 4.46. The number of rotatable bonds is 2. The molecular weight excluding hydrogens is 311 g/mol. The normalized spacial score (nSPS) is 18.8. The Bertz CT molecular complexity index is 504. The van der Waals surface area contributed by atoms with Gasteiger partial charge in [-0.25, -0.2) is 8.78 Å². The van der Waals surface area contributed by atoms with Crippen molar-refractivity contribution in [2.45, 2.75) is 31.6 Å². The number of hydrogen-bond acceptors (Lipinski definition) is 2. The van der Waals surface area contributed by atoms with Crippen LogP contribution in [0, 0.1) is 5.92 Å². The number of amides is 1. The van der Waals surface area contributed by atoms with Crippen molar-refractivity contribution in [3.8, 4) is 5.75 Å². The van der Waals surface area contributed by atoms with Crippen LogP contribution < -0.4 is 5.32 Å². The molecule has 2 rings (SSSR count). The second-order valence-corrected chi connectivity index (χ2v) is 5.72. The summed E-state index contributed by atoms with van der Waals surface area (Å²) in [5.41, 5.74) is 0.333. The molecule has 0 aliphatic heterocycles. The first-order chi connectivity index (χ1) is 9.28. The third kappa shape index (κ3) is 3.52. The first-order valence-electron chi connectivity index (χ1n) is 6.15. The molecule has 0 heterocycles. The highest BCUT2D eigenvalue weighted by molar-refractivity contribution is 6.37. The predicted molar refractivity (Wildman–Crippen MR) is 73.7 cm³/mol. The number of carbonyl (C=O) groups is 1. The van der Waals surface area contributed by atoms with Crippen molar-refractivity contribution in [3.05, 3.63) is 22.2 Å². The third-order valence-electron chi connectivity index (χ3n) is 3.37. The number of hydrogen-bond donors (Lipinski definition) is 2. The van der Waals surface area contributed by atoms with Gasteiger partial charge < -0.3 is 10.4 Å². The van der Waals surface area contributed by atoms with E-state index in [0.717, 1.165) is 0 Å². The van der Waals surface area contributed by atoms with Gasteiger partial charge in [0.1, 0.15) is 0 Å². The Morgan fingerprint density at radius 1 is 1.25 bits per heavy atom. The molecule has 0 spiro atoms. The molecule has 0 saturated heterocycles. The molecule has 1 amide bonds. The quantitative estimate of drug-likeness (QED) is 0.789. The fourth-order valence-electron chi connectivity index (χ4n) is 2.18. The molecular formula is C13H13Cl2F2NO2. The van der Waals surface area contributed by atoms with Crippen LogP contribution in [0.1, 0.15) is 25.7 Å². The van der Waals surface area contributed by atoms with E-state index in [0.29, 0.717) is 5.69 Å². The first-order valence-corrected chi connectivity index (χ1v) is 6.91. The Kier molecular flexibility index (Phi) is 4.39. The van der Waals surface area contributed by atoms with Crippen LogP contribution in [0.4, 0.5) is 14.5 Å². The SMILES string of the molecule is O=C(Nc1cc(Cl)c(O)c(Cl)c1)C1CCC(F)(F)CC1. The lowest BCUT2D eigenvalue weighted by Gasteiger charge is -2.27. The number of aromatic hydroxyl groups is 1. The lowest BCUT2D eigenvalue weighted by Crippen LogP contribution is -2.31. The van der Waals surface area contributed by atoms with Crippen molar-refractivity contribution >= 4 is 34.8 Å². The Morgan fingerprint density at radius 3 is 2.25 bits per heavy atom. The number of carbonyl (C=O) groups excluding carboxylic acids is 1. The van der Waals surface area contributed by atoms with E-state index in [4.69, 9.17) is 23.2 Å². The molecule has 7 heteroatoms. The smallest absolute Gasteiger partial charge is 0.248 e. The fraction of sp³-hybridized carbons (Fsp3) is 0.462. The van der Waals surface area contributed by atoms with Gasteiger partial charge in [0, 0.05) is 24.4 Å². The number of alkyl halides is 2. The number of nitrogens with one attached hydrogen (secondary N) is 1. The molecule has 1 fully saturated rings. The second kappa shape index (κ2) is 5.74. The number of anilines is 1. The minimum absolute atomic E-state index is 0.0166. The van der Waals surface area contributed by atoms with Crippen molar-refractivity contribution in [1.82, 2.24) is 0 Å². The standard InChI is InChI=1S/C13H13Cl2F2NO2/c14-9-5-8(6-10(15)11(9)19)18-12(20)7-1-3-13(16,17)4-2-7/h5-7,19H,1-4H2,(H,18,20). The average Bonchev–Trinajstić information content (AvgIpc) is 2.35. The molecule has 0 radical (unpaired) electrons. The first kappa shape index (κ1) is 15.3. The number of halogens is 4. The highest BCUT2D eigenvalue weighted by atomic mass is 35.5. The maximum atomic E-state index is 13.0. The summed E-state index contributed by atoms with van der Waals surface area (Å²) in [5.74, 6) is -3.70. The van der Waals surface area contributed by atoms with Gasteiger partial charge in [-0.05, 0) is 25.0 Å². The van der Waals surface area contributed by atoms with Crippen LogP contribution in [0.15, 0.2) is 12.1 Å². The van der Waals surface area contributed by atoms with Crippen molar-refractivity contribution < 1.29 is 18.7 Å². The zero-order chi connectivity index (χ0) is 14.9. The minimum atomic E-state index is -2.66. The van der Waals surface area contributed by atoms with Crippen LogP contribution >= 0.6 is 23.2 Å². The van der Waals surface area contributed by atoms with E-state index in [9.17, 15) is 18.7 Å². The van der Waals surface area contributed by atoms with Crippen LogP contribution in [0.25, 0.3) is 0 Å². The van der Waals surface area contributed by atoms with Gasteiger partial charge >= 0.3 is 0 Å². The number of phenolic OH excluding ortho intramolecular Hbond substituents is 1. The highest BCUT2D eigenvalue weighted by Crippen LogP contribution is 2.38. The molecule has 1 aromatic rings. The lowest BCUT2D eigenvalue weighted by atomic mass is 9.86. The molecule has 0 bridgehead atoms. The summed E-state index contributed by atoms with van der Waals surface area (Å²) >= 11 is 11.5. The van der Waals surface area contributed by atoms with Gasteiger partial charge in [0.15, 0.2) is 5.75 Å². The van der Waals surface area contributed by atoms with Crippen LogP contribution in [-0.2, 0) is 4.79 Å². The Balaban J connectivity index is 2.02. The van der Waals surface area contributed by atoms with Gasteiger partial charge in [-0.2, -0.15) is 0 Å². The van der Waals surface area contributed by atoms with Gasteiger partial charge in [-0.3, -0.25) is 4.79 Å². The average molecular weight is 324 g/mol. The van der Waals surface area contributed by atoms with Gasteiger partial charge in [-0.1, -0.05) is 23.2 Å². The summed E-state index contributed by atoms with van der Waals surface area (Å²) in [5, 5.41) is 12.0. The maximum absolute atomic E-state index is 13.0. The molecule has 20 heavy (non-hydrogen) atoms. The van der Waals surface area contributed by atoms with Crippen molar-refractivity contribution in [3.63, 3.8) is 0 Å². The Labute approximate surface area is 124 Å².